The number of carbonyl (C=O) groups is 2. The maximum Gasteiger partial charge on any atom is 0.509 e. The third kappa shape index (κ3) is 8.40. The topological polar surface area (TPSA) is 138 Å². The second-order valence-corrected chi connectivity index (χ2v) is 9.39. The highest BCUT2D eigenvalue weighted by Gasteiger charge is 2.62. The standard InChI is InChI=1S/C23H35F2N3O8/c1-5-6-7-8-9-14-33-20(31)27-16-10-12-28(19(30)26-16)18-23(24,25)17(15(34-18)11-13-29)35-21(32)36-22(2,3)4/h10,12,15,17-18,29H,5-9,11,13-14H2,1-4H3,(H,26,27,30,31)/t15-,17-,18-/m1/s1. The Hall–Kier alpha value is -2.80. The van der Waals surface area contributed by atoms with Gasteiger partial charge in [-0.15, -0.1) is 0 Å². The van der Waals surface area contributed by atoms with Crippen molar-refractivity contribution in [2.75, 3.05) is 18.5 Å². The Labute approximate surface area is 208 Å². The molecular formula is C23H35F2N3O8. The van der Waals surface area contributed by atoms with Crippen LogP contribution in [0.1, 0.15) is 72.4 Å². The van der Waals surface area contributed by atoms with Crippen LogP contribution < -0.4 is 11.0 Å². The third-order valence-corrected chi connectivity index (χ3v) is 5.17. The Balaban J connectivity index is 2.08. The molecule has 0 aliphatic carbocycles. The van der Waals surface area contributed by atoms with E-state index >= 15 is 8.78 Å². The summed E-state index contributed by atoms with van der Waals surface area (Å²) in [4.78, 5) is 40.0. The smallest absolute Gasteiger partial charge is 0.449 e. The first-order valence-corrected chi connectivity index (χ1v) is 12.0. The van der Waals surface area contributed by atoms with Gasteiger partial charge < -0.3 is 24.1 Å². The minimum Gasteiger partial charge on any atom is -0.449 e. The number of carbonyl (C=O) groups excluding carboxylic acids is 2. The predicted octanol–water partition coefficient (Wildman–Crippen LogP) is 4.00. The molecule has 0 bridgehead atoms. The van der Waals surface area contributed by atoms with E-state index in [1.165, 1.54) is 20.8 Å². The molecule has 1 saturated heterocycles. The van der Waals surface area contributed by atoms with Crippen molar-refractivity contribution in [2.45, 2.75) is 96.2 Å². The van der Waals surface area contributed by atoms with Crippen molar-refractivity contribution in [3.05, 3.63) is 22.7 Å². The van der Waals surface area contributed by atoms with Gasteiger partial charge in [-0.1, -0.05) is 32.6 Å². The summed E-state index contributed by atoms with van der Waals surface area (Å²) in [5.41, 5.74) is -2.13. The van der Waals surface area contributed by atoms with E-state index < -0.39 is 54.5 Å². The van der Waals surface area contributed by atoms with Crippen LogP contribution in [0.2, 0.25) is 0 Å². The molecule has 2 rings (SSSR count). The number of aromatic nitrogens is 2. The van der Waals surface area contributed by atoms with Gasteiger partial charge in [0.05, 0.1) is 6.61 Å². The molecule has 1 aromatic heterocycles. The number of nitrogens with one attached hydrogen (secondary N) is 1. The van der Waals surface area contributed by atoms with E-state index in [1.807, 2.05) is 0 Å². The number of aliphatic hydroxyl groups excluding tert-OH is 1. The second-order valence-electron chi connectivity index (χ2n) is 9.39. The molecule has 0 radical (unpaired) electrons. The Morgan fingerprint density at radius 2 is 1.94 bits per heavy atom. The van der Waals surface area contributed by atoms with Gasteiger partial charge in [0.2, 0.25) is 6.23 Å². The lowest BCUT2D eigenvalue weighted by Crippen LogP contribution is -2.44. The molecule has 0 unspecified atom stereocenters. The summed E-state index contributed by atoms with van der Waals surface area (Å²) < 4.78 is 51.2. The molecule has 1 aliphatic rings. The molecule has 1 fully saturated rings. The largest absolute Gasteiger partial charge is 0.509 e. The van der Waals surface area contributed by atoms with Crippen LogP contribution in [0.3, 0.4) is 0 Å². The lowest BCUT2D eigenvalue weighted by Gasteiger charge is -2.26. The van der Waals surface area contributed by atoms with Gasteiger partial charge in [-0.3, -0.25) is 9.88 Å². The highest BCUT2D eigenvalue weighted by molar-refractivity contribution is 5.83. The molecule has 2 heterocycles. The number of alkyl halides is 2. The molecule has 2 N–H and O–H groups in total. The molecule has 1 aliphatic heterocycles. The number of hydrogen-bond acceptors (Lipinski definition) is 9. The summed E-state index contributed by atoms with van der Waals surface area (Å²) in [7, 11) is 0. The van der Waals surface area contributed by atoms with Crippen LogP contribution in [-0.2, 0) is 18.9 Å². The van der Waals surface area contributed by atoms with Crippen LogP contribution in [0.25, 0.3) is 0 Å². The number of anilines is 1. The van der Waals surface area contributed by atoms with E-state index in [9.17, 15) is 19.5 Å². The molecule has 1 aromatic rings. The summed E-state index contributed by atoms with van der Waals surface area (Å²) in [6, 6.07) is 1.13. The number of nitrogens with zero attached hydrogens (tertiary/aromatic N) is 2. The monoisotopic (exact) mass is 519 g/mol. The lowest BCUT2D eigenvalue weighted by molar-refractivity contribution is -0.149. The van der Waals surface area contributed by atoms with E-state index in [2.05, 4.69) is 17.2 Å². The van der Waals surface area contributed by atoms with Crippen molar-refractivity contribution in [2.24, 2.45) is 0 Å². The second kappa shape index (κ2) is 12.9. The van der Waals surface area contributed by atoms with Gasteiger partial charge in [0.15, 0.2) is 6.10 Å². The summed E-state index contributed by atoms with van der Waals surface area (Å²) >= 11 is 0. The number of rotatable bonds is 11. The van der Waals surface area contributed by atoms with Crippen LogP contribution in [-0.4, -0.2) is 63.9 Å². The summed E-state index contributed by atoms with van der Waals surface area (Å²) in [6.07, 6.45) is -2.35. The van der Waals surface area contributed by atoms with Crippen molar-refractivity contribution >= 4 is 18.1 Å². The number of aliphatic hydroxyl groups is 1. The van der Waals surface area contributed by atoms with Gasteiger partial charge in [0, 0.05) is 19.2 Å². The van der Waals surface area contributed by atoms with Crippen molar-refractivity contribution < 1.29 is 42.4 Å². The SMILES string of the molecule is CCCCCCCOC(=O)Nc1ccn([C@@H]2O[C@H](CCO)[C@@H](OC(=O)OC(C)(C)C)C2(F)F)c(=O)n1. The Morgan fingerprint density at radius 3 is 2.56 bits per heavy atom. The average Bonchev–Trinajstić information content (AvgIpc) is 2.99. The number of halogens is 2. The summed E-state index contributed by atoms with van der Waals surface area (Å²) in [5.74, 6) is -4.06. The summed E-state index contributed by atoms with van der Waals surface area (Å²) in [6.45, 7) is 6.37. The summed E-state index contributed by atoms with van der Waals surface area (Å²) in [5, 5.41) is 11.5. The van der Waals surface area contributed by atoms with E-state index in [4.69, 9.17) is 18.9 Å². The highest BCUT2D eigenvalue weighted by Crippen LogP contribution is 2.45. The molecule has 0 spiro atoms. The molecule has 36 heavy (non-hydrogen) atoms. The van der Waals surface area contributed by atoms with E-state index in [1.54, 1.807) is 0 Å². The lowest BCUT2D eigenvalue weighted by atomic mass is 10.1. The molecule has 11 nitrogen and oxygen atoms in total. The van der Waals surface area contributed by atoms with Crippen molar-refractivity contribution in [3.8, 4) is 0 Å². The first kappa shape index (κ1) is 29.4. The van der Waals surface area contributed by atoms with Crippen molar-refractivity contribution in [3.63, 3.8) is 0 Å². The zero-order chi connectivity index (χ0) is 26.9. The Bertz CT molecular complexity index is 935. The van der Waals surface area contributed by atoms with E-state index in [0.29, 0.717) is 11.0 Å². The zero-order valence-corrected chi connectivity index (χ0v) is 21.0. The fraction of sp³-hybridized carbons (Fsp3) is 0.739. The zero-order valence-electron chi connectivity index (χ0n) is 21.0. The van der Waals surface area contributed by atoms with Crippen LogP contribution in [0.15, 0.2) is 17.1 Å². The fourth-order valence-electron chi connectivity index (χ4n) is 3.52. The molecule has 0 saturated carbocycles. The molecule has 3 atom stereocenters. The molecule has 1 amide bonds. The van der Waals surface area contributed by atoms with E-state index in [-0.39, 0.29) is 18.8 Å². The van der Waals surface area contributed by atoms with Crippen LogP contribution in [0, 0.1) is 0 Å². The van der Waals surface area contributed by atoms with Gasteiger partial charge >= 0.3 is 23.9 Å². The predicted molar refractivity (Wildman–Crippen MR) is 124 cm³/mol. The maximum absolute atomic E-state index is 15.3. The Kier molecular flexibility index (Phi) is 10.6. The number of unbranched alkanes of at least 4 members (excludes halogenated alkanes) is 4. The number of amides is 1. The maximum atomic E-state index is 15.3. The van der Waals surface area contributed by atoms with Crippen molar-refractivity contribution in [1.29, 1.82) is 0 Å². The third-order valence-electron chi connectivity index (χ3n) is 5.17. The molecule has 204 valence electrons. The van der Waals surface area contributed by atoms with Crippen LogP contribution in [0.5, 0.6) is 0 Å². The van der Waals surface area contributed by atoms with Crippen LogP contribution >= 0.6 is 0 Å². The number of ether oxygens (including phenoxy) is 4. The first-order valence-electron chi connectivity index (χ1n) is 12.0. The first-order chi connectivity index (χ1) is 16.9. The molecule has 0 aromatic carbocycles. The molecular weight excluding hydrogens is 484 g/mol. The van der Waals surface area contributed by atoms with Gasteiger partial charge in [0.25, 0.3) is 0 Å². The van der Waals surface area contributed by atoms with Gasteiger partial charge in [-0.25, -0.2) is 14.4 Å². The average molecular weight is 520 g/mol. The van der Waals surface area contributed by atoms with E-state index in [0.717, 1.165) is 37.9 Å². The minimum absolute atomic E-state index is 0.193. The molecule has 13 heteroatoms. The quantitative estimate of drug-likeness (QED) is 0.328. The van der Waals surface area contributed by atoms with Crippen LogP contribution in [0.4, 0.5) is 24.2 Å². The normalized spacial score (nSPS) is 21.1. The minimum atomic E-state index is -3.87. The Morgan fingerprint density at radius 1 is 1.25 bits per heavy atom. The van der Waals surface area contributed by atoms with Gasteiger partial charge in [-0.2, -0.15) is 13.8 Å². The number of hydrogen-bond donors (Lipinski definition) is 2. The highest BCUT2D eigenvalue weighted by atomic mass is 19.3. The van der Waals surface area contributed by atoms with Gasteiger partial charge in [0.1, 0.15) is 17.5 Å². The van der Waals surface area contributed by atoms with Crippen molar-refractivity contribution in [1.82, 2.24) is 9.55 Å². The fourth-order valence-corrected chi connectivity index (χ4v) is 3.52. The van der Waals surface area contributed by atoms with Gasteiger partial charge in [-0.05, 0) is 33.3 Å².